The minimum Gasteiger partial charge on any atom is -0.435 e. The van der Waals surface area contributed by atoms with Gasteiger partial charge in [-0.3, -0.25) is 0 Å². The minimum absolute atomic E-state index is 0.555. The maximum Gasteiger partial charge on any atom is 0.247 e. The molecule has 0 atom stereocenters. The zero-order chi connectivity index (χ0) is 11.9. The van der Waals surface area contributed by atoms with Crippen molar-refractivity contribution in [1.29, 1.82) is 0 Å². The minimum atomic E-state index is 0.555. The van der Waals surface area contributed by atoms with Gasteiger partial charge in [-0.1, -0.05) is 18.2 Å². The van der Waals surface area contributed by atoms with Crippen LogP contribution in [0.4, 0.5) is 0 Å². The summed E-state index contributed by atoms with van der Waals surface area (Å²) in [5.74, 6) is 0.555. The molecule has 0 amide bonds. The number of rotatable bonds is 1. The predicted molar refractivity (Wildman–Crippen MR) is 68.2 cm³/mol. The third-order valence-electron chi connectivity index (χ3n) is 2.88. The Hall–Kier alpha value is -2.62. The Morgan fingerprint density at radius 1 is 0.944 bits per heavy atom. The molecule has 0 aliphatic carbocycles. The van der Waals surface area contributed by atoms with E-state index < -0.39 is 0 Å². The van der Waals surface area contributed by atoms with Crippen LogP contribution in [0.3, 0.4) is 0 Å². The predicted octanol–water partition coefficient (Wildman–Crippen LogP) is 3.14. The van der Waals surface area contributed by atoms with Crippen LogP contribution in [0.1, 0.15) is 0 Å². The van der Waals surface area contributed by atoms with Crippen molar-refractivity contribution in [2.45, 2.75) is 0 Å². The van der Waals surface area contributed by atoms with Crippen LogP contribution in [-0.2, 0) is 0 Å². The standard InChI is InChI=1S/C14H9N3O/c1-2-6-12-10(5-1)16-14(18-12)11-9-17-8-4-3-7-13(17)15-11/h1-9H. The molecule has 0 aliphatic rings. The number of hydrogen-bond acceptors (Lipinski definition) is 3. The first-order valence-electron chi connectivity index (χ1n) is 5.70. The van der Waals surface area contributed by atoms with E-state index in [0.717, 1.165) is 22.4 Å². The molecule has 4 heteroatoms. The number of benzene rings is 1. The molecule has 0 saturated carbocycles. The van der Waals surface area contributed by atoms with Crippen LogP contribution in [0.5, 0.6) is 0 Å². The van der Waals surface area contributed by atoms with Crippen molar-refractivity contribution in [3.63, 3.8) is 0 Å². The Balaban J connectivity index is 1.95. The molecule has 86 valence electrons. The topological polar surface area (TPSA) is 43.3 Å². The van der Waals surface area contributed by atoms with Gasteiger partial charge in [-0.25, -0.2) is 9.97 Å². The molecule has 0 spiro atoms. The van der Waals surface area contributed by atoms with Crippen molar-refractivity contribution in [1.82, 2.24) is 14.4 Å². The van der Waals surface area contributed by atoms with E-state index >= 15 is 0 Å². The van der Waals surface area contributed by atoms with Gasteiger partial charge in [-0.05, 0) is 24.3 Å². The largest absolute Gasteiger partial charge is 0.435 e. The summed E-state index contributed by atoms with van der Waals surface area (Å²) >= 11 is 0. The van der Waals surface area contributed by atoms with Crippen LogP contribution >= 0.6 is 0 Å². The second kappa shape index (κ2) is 3.43. The summed E-state index contributed by atoms with van der Waals surface area (Å²) in [6.07, 6.45) is 3.87. The van der Waals surface area contributed by atoms with Crippen molar-refractivity contribution in [3.8, 4) is 11.6 Å². The number of pyridine rings is 1. The van der Waals surface area contributed by atoms with Crippen LogP contribution in [0.2, 0.25) is 0 Å². The van der Waals surface area contributed by atoms with Crippen LogP contribution in [0.15, 0.2) is 59.3 Å². The van der Waals surface area contributed by atoms with Crippen molar-refractivity contribution >= 4 is 16.7 Å². The Kier molecular flexibility index (Phi) is 1.80. The van der Waals surface area contributed by atoms with E-state index in [-0.39, 0.29) is 0 Å². The van der Waals surface area contributed by atoms with E-state index in [1.165, 1.54) is 0 Å². The molecule has 4 rings (SSSR count). The summed E-state index contributed by atoms with van der Waals surface area (Å²) < 4.78 is 7.65. The lowest BCUT2D eigenvalue weighted by atomic mass is 10.3. The van der Waals surface area contributed by atoms with Gasteiger partial charge in [0.15, 0.2) is 5.58 Å². The van der Waals surface area contributed by atoms with Crippen LogP contribution in [0, 0.1) is 0 Å². The van der Waals surface area contributed by atoms with Gasteiger partial charge in [0.1, 0.15) is 16.9 Å². The summed E-state index contributed by atoms with van der Waals surface area (Å²) in [6.45, 7) is 0. The number of oxazole rings is 1. The number of imidazole rings is 1. The summed E-state index contributed by atoms with van der Waals surface area (Å²) in [4.78, 5) is 8.92. The fourth-order valence-electron chi connectivity index (χ4n) is 2.02. The Bertz CT molecular complexity index is 706. The average Bonchev–Trinajstić information content (AvgIpc) is 3.02. The van der Waals surface area contributed by atoms with Crippen molar-refractivity contribution in [2.75, 3.05) is 0 Å². The summed E-state index contributed by atoms with van der Waals surface area (Å²) in [7, 11) is 0. The van der Waals surface area contributed by atoms with Crippen molar-refractivity contribution in [2.24, 2.45) is 0 Å². The molecule has 3 heterocycles. The zero-order valence-corrected chi connectivity index (χ0v) is 9.45. The lowest BCUT2D eigenvalue weighted by molar-refractivity contribution is 0.617. The second-order valence-electron chi connectivity index (χ2n) is 4.08. The van der Waals surface area contributed by atoms with Crippen LogP contribution in [0.25, 0.3) is 28.3 Å². The maximum absolute atomic E-state index is 5.70. The first kappa shape index (κ1) is 9.41. The number of fused-ring (bicyclic) bond motifs is 2. The van der Waals surface area contributed by atoms with E-state index in [9.17, 15) is 0 Å². The molecule has 0 saturated heterocycles. The van der Waals surface area contributed by atoms with E-state index in [1.807, 2.05) is 59.3 Å². The fraction of sp³-hybridized carbons (Fsp3) is 0. The highest BCUT2D eigenvalue weighted by atomic mass is 16.3. The highest BCUT2D eigenvalue weighted by molar-refractivity contribution is 5.75. The summed E-state index contributed by atoms with van der Waals surface area (Å²) in [5, 5.41) is 0. The molecule has 4 nitrogen and oxygen atoms in total. The number of aromatic nitrogens is 3. The number of nitrogens with zero attached hydrogens (tertiary/aromatic N) is 3. The lowest BCUT2D eigenvalue weighted by Gasteiger charge is -1.86. The smallest absolute Gasteiger partial charge is 0.247 e. The van der Waals surface area contributed by atoms with E-state index in [4.69, 9.17) is 4.42 Å². The van der Waals surface area contributed by atoms with Crippen molar-refractivity contribution in [3.05, 3.63) is 54.9 Å². The number of para-hydroxylation sites is 2. The number of hydrogen-bond donors (Lipinski definition) is 0. The Morgan fingerprint density at radius 2 is 1.83 bits per heavy atom. The molecule has 3 aromatic heterocycles. The van der Waals surface area contributed by atoms with Gasteiger partial charge in [0, 0.05) is 12.4 Å². The molecule has 0 fully saturated rings. The van der Waals surface area contributed by atoms with Gasteiger partial charge in [0.2, 0.25) is 5.89 Å². The van der Waals surface area contributed by atoms with Crippen LogP contribution in [-0.4, -0.2) is 14.4 Å². The quantitative estimate of drug-likeness (QED) is 0.509. The van der Waals surface area contributed by atoms with Crippen molar-refractivity contribution < 1.29 is 4.42 Å². The molecular formula is C14H9N3O. The SMILES string of the molecule is c1ccc2oc(-c3cn4ccccc4n3)nc2c1. The molecule has 0 bridgehead atoms. The van der Waals surface area contributed by atoms with Gasteiger partial charge in [-0.15, -0.1) is 0 Å². The molecular weight excluding hydrogens is 226 g/mol. The second-order valence-corrected chi connectivity index (χ2v) is 4.08. The molecule has 0 radical (unpaired) electrons. The Morgan fingerprint density at radius 3 is 2.72 bits per heavy atom. The fourth-order valence-corrected chi connectivity index (χ4v) is 2.02. The first-order valence-corrected chi connectivity index (χ1v) is 5.70. The molecule has 0 unspecified atom stereocenters. The van der Waals surface area contributed by atoms with E-state index in [2.05, 4.69) is 9.97 Å². The van der Waals surface area contributed by atoms with Gasteiger partial charge in [-0.2, -0.15) is 0 Å². The third-order valence-corrected chi connectivity index (χ3v) is 2.88. The monoisotopic (exact) mass is 235 g/mol. The van der Waals surface area contributed by atoms with Gasteiger partial charge >= 0.3 is 0 Å². The summed E-state index contributed by atoms with van der Waals surface area (Å²) in [5.41, 5.74) is 3.27. The maximum atomic E-state index is 5.70. The molecule has 18 heavy (non-hydrogen) atoms. The normalized spacial score (nSPS) is 11.3. The van der Waals surface area contributed by atoms with E-state index in [1.54, 1.807) is 0 Å². The average molecular weight is 235 g/mol. The Labute approximate surface area is 103 Å². The first-order chi connectivity index (χ1) is 8.90. The lowest BCUT2D eigenvalue weighted by Crippen LogP contribution is -1.77. The summed E-state index contributed by atoms with van der Waals surface area (Å²) in [6, 6.07) is 13.6. The zero-order valence-electron chi connectivity index (χ0n) is 9.45. The van der Waals surface area contributed by atoms with Gasteiger partial charge < -0.3 is 8.82 Å². The van der Waals surface area contributed by atoms with E-state index in [0.29, 0.717) is 5.89 Å². The molecule has 0 aliphatic heterocycles. The van der Waals surface area contributed by atoms with Crippen LogP contribution < -0.4 is 0 Å². The molecule has 4 aromatic rings. The molecule has 0 N–H and O–H groups in total. The van der Waals surface area contributed by atoms with Gasteiger partial charge in [0.25, 0.3) is 0 Å². The molecule has 1 aromatic carbocycles. The highest BCUT2D eigenvalue weighted by Gasteiger charge is 2.11. The van der Waals surface area contributed by atoms with Gasteiger partial charge in [0.05, 0.1) is 0 Å². The third kappa shape index (κ3) is 1.32. The highest BCUT2D eigenvalue weighted by Crippen LogP contribution is 2.23.